The van der Waals surface area contributed by atoms with Gasteiger partial charge in [-0.3, -0.25) is 9.59 Å². The van der Waals surface area contributed by atoms with Crippen LogP contribution in [0.25, 0.3) is 11.3 Å². The predicted molar refractivity (Wildman–Crippen MR) is 108 cm³/mol. The number of amides is 2. The van der Waals surface area contributed by atoms with Crippen molar-refractivity contribution in [2.45, 2.75) is 19.8 Å². The van der Waals surface area contributed by atoms with Crippen LogP contribution in [0.2, 0.25) is 0 Å². The first-order valence-electron chi connectivity index (χ1n) is 8.95. The van der Waals surface area contributed by atoms with Crippen LogP contribution in [0.5, 0.6) is 5.75 Å². The molecule has 0 saturated heterocycles. The zero-order chi connectivity index (χ0) is 19.9. The van der Waals surface area contributed by atoms with E-state index in [0.29, 0.717) is 23.5 Å². The minimum Gasteiger partial charge on any atom is -0.495 e. The lowest BCUT2D eigenvalue weighted by Crippen LogP contribution is -2.13. The third-order valence-corrected chi connectivity index (χ3v) is 4.11. The van der Waals surface area contributed by atoms with E-state index in [2.05, 4.69) is 10.6 Å². The summed E-state index contributed by atoms with van der Waals surface area (Å²) in [5.74, 6) is 1.69. The lowest BCUT2D eigenvalue weighted by molar-refractivity contribution is -0.116. The van der Waals surface area contributed by atoms with Crippen LogP contribution in [0.3, 0.4) is 0 Å². The number of nitrogens with one attached hydrogen (secondary N) is 2. The molecule has 2 amide bonds. The highest BCUT2D eigenvalue weighted by Gasteiger charge is 2.11. The van der Waals surface area contributed by atoms with Gasteiger partial charge in [0.1, 0.15) is 17.3 Å². The highest BCUT2D eigenvalue weighted by atomic mass is 16.5. The molecule has 1 aromatic heterocycles. The normalized spacial score (nSPS) is 10.4. The van der Waals surface area contributed by atoms with Crippen LogP contribution in [0.15, 0.2) is 65.1 Å². The highest BCUT2D eigenvalue weighted by molar-refractivity contribution is 5.95. The number of carbonyl (C=O) groups excluding carboxylic acids is 2. The number of hydrogen-bond acceptors (Lipinski definition) is 4. The summed E-state index contributed by atoms with van der Waals surface area (Å²) in [7, 11) is 1.52. The van der Waals surface area contributed by atoms with Gasteiger partial charge in [-0.05, 0) is 30.3 Å². The smallest absolute Gasteiger partial charge is 0.224 e. The average Bonchev–Trinajstić information content (AvgIpc) is 3.16. The molecule has 28 heavy (non-hydrogen) atoms. The molecule has 0 bridgehead atoms. The van der Waals surface area contributed by atoms with Crippen LogP contribution >= 0.6 is 0 Å². The average molecular weight is 378 g/mol. The molecule has 2 aromatic carbocycles. The number of aryl methyl sites for hydroxylation is 1. The van der Waals surface area contributed by atoms with Gasteiger partial charge in [-0.15, -0.1) is 0 Å². The van der Waals surface area contributed by atoms with E-state index in [1.807, 2.05) is 42.5 Å². The topological polar surface area (TPSA) is 80.6 Å². The molecule has 0 atom stereocenters. The zero-order valence-corrected chi connectivity index (χ0v) is 15.8. The Balaban J connectivity index is 1.61. The molecule has 3 aromatic rings. The summed E-state index contributed by atoms with van der Waals surface area (Å²) in [6.45, 7) is 1.43. The fourth-order valence-electron chi connectivity index (χ4n) is 2.81. The molecule has 0 aliphatic rings. The molecule has 0 unspecified atom stereocenters. The molecule has 0 radical (unpaired) electrons. The van der Waals surface area contributed by atoms with E-state index in [0.717, 1.165) is 17.1 Å². The van der Waals surface area contributed by atoms with Gasteiger partial charge >= 0.3 is 0 Å². The van der Waals surface area contributed by atoms with Crippen LogP contribution in [-0.2, 0) is 16.0 Å². The van der Waals surface area contributed by atoms with E-state index in [-0.39, 0.29) is 18.2 Å². The van der Waals surface area contributed by atoms with Gasteiger partial charge in [0.05, 0.1) is 12.8 Å². The van der Waals surface area contributed by atoms with Crippen molar-refractivity contribution in [2.24, 2.45) is 0 Å². The Morgan fingerprint density at radius 1 is 1.00 bits per heavy atom. The Labute approximate surface area is 163 Å². The van der Waals surface area contributed by atoms with Crippen molar-refractivity contribution in [2.75, 3.05) is 17.7 Å². The molecule has 0 saturated carbocycles. The first-order valence-corrected chi connectivity index (χ1v) is 8.95. The fraction of sp³-hybridized carbons (Fsp3) is 0.182. The summed E-state index contributed by atoms with van der Waals surface area (Å²) >= 11 is 0. The number of hydrogen-bond donors (Lipinski definition) is 2. The summed E-state index contributed by atoms with van der Waals surface area (Å²) in [5.41, 5.74) is 2.09. The van der Waals surface area contributed by atoms with Crippen molar-refractivity contribution in [3.05, 3.63) is 66.4 Å². The molecule has 2 N–H and O–H groups in total. The van der Waals surface area contributed by atoms with Gasteiger partial charge in [-0.1, -0.05) is 30.3 Å². The molecule has 0 spiro atoms. The molecule has 6 nitrogen and oxygen atoms in total. The summed E-state index contributed by atoms with van der Waals surface area (Å²) in [6, 6.07) is 18.7. The summed E-state index contributed by atoms with van der Waals surface area (Å²) < 4.78 is 11.1. The Morgan fingerprint density at radius 2 is 1.79 bits per heavy atom. The number of furan rings is 1. The molecule has 0 aliphatic carbocycles. The van der Waals surface area contributed by atoms with E-state index in [1.165, 1.54) is 14.0 Å². The third-order valence-electron chi connectivity index (χ3n) is 4.11. The van der Waals surface area contributed by atoms with Gasteiger partial charge < -0.3 is 19.8 Å². The van der Waals surface area contributed by atoms with Crippen molar-refractivity contribution in [3.63, 3.8) is 0 Å². The van der Waals surface area contributed by atoms with Crippen LogP contribution in [-0.4, -0.2) is 18.9 Å². The van der Waals surface area contributed by atoms with Crippen molar-refractivity contribution < 1.29 is 18.7 Å². The quantitative estimate of drug-likeness (QED) is 0.635. The van der Waals surface area contributed by atoms with Gasteiger partial charge in [0.25, 0.3) is 0 Å². The monoisotopic (exact) mass is 378 g/mol. The minimum atomic E-state index is -0.186. The molecule has 1 heterocycles. The summed E-state index contributed by atoms with van der Waals surface area (Å²) in [4.78, 5) is 23.6. The van der Waals surface area contributed by atoms with Crippen molar-refractivity contribution in [3.8, 4) is 17.1 Å². The fourth-order valence-corrected chi connectivity index (χ4v) is 2.81. The molecule has 144 valence electrons. The molecule has 3 rings (SSSR count). The van der Waals surface area contributed by atoms with Crippen molar-refractivity contribution >= 4 is 23.2 Å². The van der Waals surface area contributed by atoms with Crippen LogP contribution < -0.4 is 15.4 Å². The van der Waals surface area contributed by atoms with Crippen LogP contribution in [0, 0.1) is 0 Å². The number of methoxy groups -OCH3 is 1. The van der Waals surface area contributed by atoms with Gasteiger partial charge in [-0.25, -0.2) is 0 Å². The molecular weight excluding hydrogens is 356 g/mol. The summed E-state index contributed by atoms with van der Waals surface area (Å²) in [6.07, 6.45) is 0.738. The lowest BCUT2D eigenvalue weighted by Gasteiger charge is -2.12. The largest absolute Gasteiger partial charge is 0.495 e. The van der Waals surface area contributed by atoms with Gasteiger partial charge in [0.2, 0.25) is 11.8 Å². The van der Waals surface area contributed by atoms with E-state index >= 15 is 0 Å². The van der Waals surface area contributed by atoms with E-state index < -0.39 is 0 Å². The Morgan fingerprint density at radius 3 is 2.50 bits per heavy atom. The van der Waals surface area contributed by atoms with Crippen LogP contribution in [0.1, 0.15) is 19.1 Å². The number of ether oxygens (including phenoxy) is 1. The first kappa shape index (κ1) is 19.2. The standard InChI is InChI=1S/C22H22N2O4/c1-15(25)23-17-8-11-21(27-2)19(14-17)24-22(26)13-10-18-9-12-20(28-18)16-6-4-3-5-7-16/h3-9,11-12,14H,10,13H2,1-2H3,(H,23,25)(H,24,26). The second-order valence-electron chi connectivity index (χ2n) is 6.28. The number of rotatable bonds is 7. The third kappa shape index (κ3) is 5.01. The predicted octanol–water partition coefficient (Wildman–Crippen LogP) is 4.48. The Kier molecular flexibility index (Phi) is 6.11. The number of anilines is 2. The lowest BCUT2D eigenvalue weighted by atomic mass is 10.2. The second kappa shape index (κ2) is 8.90. The SMILES string of the molecule is COc1ccc(NC(C)=O)cc1NC(=O)CCc1ccc(-c2ccccc2)o1. The van der Waals surface area contributed by atoms with E-state index in [1.54, 1.807) is 18.2 Å². The van der Waals surface area contributed by atoms with Gasteiger partial charge in [0, 0.05) is 31.0 Å². The van der Waals surface area contributed by atoms with Crippen LogP contribution in [0.4, 0.5) is 11.4 Å². The minimum absolute atomic E-state index is 0.170. The van der Waals surface area contributed by atoms with Crippen molar-refractivity contribution in [1.29, 1.82) is 0 Å². The van der Waals surface area contributed by atoms with E-state index in [9.17, 15) is 9.59 Å². The maximum atomic E-state index is 12.4. The summed E-state index contributed by atoms with van der Waals surface area (Å²) in [5, 5.41) is 5.51. The zero-order valence-electron chi connectivity index (χ0n) is 15.8. The molecule has 6 heteroatoms. The Hall–Kier alpha value is -3.54. The van der Waals surface area contributed by atoms with Crippen molar-refractivity contribution in [1.82, 2.24) is 0 Å². The first-order chi connectivity index (χ1) is 13.5. The molecule has 0 fully saturated rings. The highest BCUT2D eigenvalue weighted by Crippen LogP contribution is 2.28. The molecular formula is C22H22N2O4. The maximum Gasteiger partial charge on any atom is 0.224 e. The number of benzene rings is 2. The van der Waals surface area contributed by atoms with E-state index in [4.69, 9.17) is 9.15 Å². The molecule has 0 aliphatic heterocycles. The van der Waals surface area contributed by atoms with Gasteiger partial charge in [-0.2, -0.15) is 0 Å². The van der Waals surface area contributed by atoms with Gasteiger partial charge in [0.15, 0.2) is 0 Å². The maximum absolute atomic E-state index is 12.4. The number of carbonyl (C=O) groups is 2. The Bertz CT molecular complexity index is 964. The second-order valence-corrected chi connectivity index (χ2v) is 6.28.